The van der Waals surface area contributed by atoms with E-state index in [9.17, 15) is 9.18 Å². The summed E-state index contributed by atoms with van der Waals surface area (Å²) in [7, 11) is 0. The van der Waals surface area contributed by atoms with Crippen LogP contribution in [0.4, 0.5) is 15.9 Å². The van der Waals surface area contributed by atoms with Crippen LogP contribution in [0.1, 0.15) is 12.8 Å². The maximum Gasteiger partial charge on any atom is 0.225 e. The highest BCUT2D eigenvalue weighted by atomic mass is 79.9. The summed E-state index contributed by atoms with van der Waals surface area (Å²) in [6.45, 7) is 4.19. The molecule has 4 heterocycles. The molecule has 2 aromatic heterocycles. The Bertz CT molecular complexity index is 1110. The lowest BCUT2D eigenvalue weighted by Gasteiger charge is -2.39. The van der Waals surface area contributed by atoms with Gasteiger partial charge in [-0.3, -0.25) is 4.79 Å². The van der Waals surface area contributed by atoms with Crippen LogP contribution in [0.2, 0.25) is 0 Å². The average molecular weight is 530 g/mol. The second-order valence-electron chi connectivity index (χ2n) is 8.41. The number of benzene rings is 1. The molecule has 2 fully saturated rings. The monoisotopic (exact) mass is 529 g/mol. The SMILES string of the molecule is O=C(C1CCN(c2ccc(-c3ccc(Br)s3)nn2)CC1)N1CCN(c2ccccc2F)CC1. The molecule has 0 aliphatic carbocycles. The van der Waals surface area contributed by atoms with E-state index >= 15 is 0 Å². The smallest absolute Gasteiger partial charge is 0.225 e. The molecule has 172 valence electrons. The molecule has 1 amide bonds. The molecule has 2 aliphatic rings. The van der Waals surface area contributed by atoms with Crippen LogP contribution in [-0.2, 0) is 4.79 Å². The van der Waals surface area contributed by atoms with Gasteiger partial charge in [0, 0.05) is 45.2 Å². The molecule has 0 unspecified atom stereocenters. The van der Waals surface area contributed by atoms with Crippen LogP contribution in [0.3, 0.4) is 0 Å². The molecule has 0 spiro atoms. The molecule has 2 saturated heterocycles. The van der Waals surface area contributed by atoms with E-state index in [1.807, 2.05) is 40.1 Å². The fourth-order valence-electron chi connectivity index (χ4n) is 4.57. The minimum absolute atomic E-state index is 0.0389. The molecule has 0 saturated carbocycles. The number of hydrogen-bond acceptors (Lipinski definition) is 6. The third kappa shape index (κ3) is 4.89. The Kier molecular flexibility index (Phi) is 6.59. The zero-order valence-corrected chi connectivity index (χ0v) is 20.6. The van der Waals surface area contributed by atoms with Gasteiger partial charge in [0.1, 0.15) is 11.5 Å². The minimum atomic E-state index is -0.205. The van der Waals surface area contributed by atoms with Crippen molar-refractivity contribution in [3.63, 3.8) is 0 Å². The predicted octanol–water partition coefficient (Wildman–Crippen LogP) is 4.67. The van der Waals surface area contributed by atoms with Crippen LogP contribution in [0.15, 0.2) is 52.3 Å². The maximum atomic E-state index is 14.1. The van der Waals surface area contributed by atoms with Crippen molar-refractivity contribution in [3.05, 3.63) is 58.1 Å². The number of amides is 1. The summed E-state index contributed by atoms with van der Waals surface area (Å²) in [5.74, 6) is 0.923. The molecule has 2 aliphatic heterocycles. The van der Waals surface area contributed by atoms with E-state index in [2.05, 4.69) is 31.0 Å². The van der Waals surface area contributed by atoms with Crippen molar-refractivity contribution in [1.29, 1.82) is 0 Å². The van der Waals surface area contributed by atoms with Crippen LogP contribution >= 0.6 is 27.3 Å². The normalized spacial score (nSPS) is 17.5. The first-order valence-corrected chi connectivity index (χ1v) is 12.8. The summed E-state index contributed by atoms with van der Waals surface area (Å²) in [5, 5.41) is 8.82. The van der Waals surface area contributed by atoms with E-state index < -0.39 is 0 Å². The van der Waals surface area contributed by atoms with Gasteiger partial charge in [-0.1, -0.05) is 12.1 Å². The molecule has 6 nitrogen and oxygen atoms in total. The average Bonchev–Trinajstić information content (AvgIpc) is 3.30. The van der Waals surface area contributed by atoms with Gasteiger partial charge in [0.05, 0.1) is 14.4 Å². The van der Waals surface area contributed by atoms with Crippen LogP contribution in [0.25, 0.3) is 10.6 Å². The van der Waals surface area contributed by atoms with Crippen molar-refractivity contribution in [2.45, 2.75) is 12.8 Å². The highest BCUT2D eigenvalue weighted by Crippen LogP contribution is 2.31. The second kappa shape index (κ2) is 9.77. The number of halogens is 2. The maximum absolute atomic E-state index is 14.1. The predicted molar refractivity (Wildman–Crippen MR) is 133 cm³/mol. The molecule has 0 bridgehead atoms. The number of carbonyl (C=O) groups is 1. The van der Waals surface area contributed by atoms with Crippen molar-refractivity contribution < 1.29 is 9.18 Å². The van der Waals surface area contributed by atoms with Gasteiger partial charge in [-0.15, -0.1) is 21.5 Å². The number of carbonyl (C=O) groups excluding carboxylic acids is 1. The fraction of sp³-hybridized carbons (Fsp3) is 0.375. The van der Waals surface area contributed by atoms with Crippen LogP contribution in [0, 0.1) is 11.7 Å². The van der Waals surface area contributed by atoms with Gasteiger partial charge < -0.3 is 14.7 Å². The Balaban J connectivity index is 1.13. The Morgan fingerprint density at radius 1 is 0.909 bits per heavy atom. The van der Waals surface area contributed by atoms with E-state index in [-0.39, 0.29) is 17.6 Å². The third-order valence-electron chi connectivity index (χ3n) is 6.43. The number of nitrogens with zero attached hydrogens (tertiary/aromatic N) is 5. The number of hydrogen-bond donors (Lipinski definition) is 0. The third-order valence-corrected chi connectivity index (χ3v) is 8.07. The Morgan fingerprint density at radius 3 is 2.30 bits per heavy atom. The van der Waals surface area contributed by atoms with E-state index in [4.69, 9.17) is 0 Å². The van der Waals surface area contributed by atoms with E-state index in [1.165, 1.54) is 6.07 Å². The van der Waals surface area contributed by atoms with Crippen LogP contribution in [0.5, 0.6) is 0 Å². The summed E-state index contributed by atoms with van der Waals surface area (Å²) in [6.07, 6.45) is 1.63. The number of piperazine rings is 1. The lowest BCUT2D eigenvalue weighted by atomic mass is 9.95. The Labute approximate surface area is 205 Å². The van der Waals surface area contributed by atoms with Gasteiger partial charge in [-0.25, -0.2) is 4.39 Å². The van der Waals surface area contributed by atoms with Gasteiger partial charge in [0.2, 0.25) is 5.91 Å². The molecule has 3 aromatic rings. The molecular weight excluding hydrogens is 505 g/mol. The van der Waals surface area contributed by atoms with E-state index in [0.717, 1.165) is 46.1 Å². The largest absolute Gasteiger partial charge is 0.366 e. The fourth-order valence-corrected chi connectivity index (χ4v) is 5.92. The number of para-hydroxylation sites is 1. The lowest BCUT2D eigenvalue weighted by Crippen LogP contribution is -2.52. The highest BCUT2D eigenvalue weighted by molar-refractivity contribution is 9.11. The van der Waals surface area contributed by atoms with Gasteiger partial charge in [-0.2, -0.15) is 0 Å². The lowest BCUT2D eigenvalue weighted by molar-refractivity contribution is -0.136. The topological polar surface area (TPSA) is 52.6 Å². The minimum Gasteiger partial charge on any atom is -0.366 e. The quantitative estimate of drug-likeness (QED) is 0.491. The van der Waals surface area contributed by atoms with Crippen LogP contribution in [-0.4, -0.2) is 60.3 Å². The van der Waals surface area contributed by atoms with Crippen molar-refractivity contribution >= 4 is 44.7 Å². The molecule has 33 heavy (non-hydrogen) atoms. The van der Waals surface area contributed by atoms with Gasteiger partial charge >= 0.3 is 0 Å². The summed E-state index contributed by atoms with van der Waals surface area (Å²) in [4.78, 5) is 20.4. The first-order chi connectivity index (χ1) is 16.1. The standard InChI is InChI=1S/C24H25BrFN5OS/c25-22-7-6-21(33-22)19-5-8-23(28-27-19)30-11-9-17(10-12-30)24(32)31-15-13-29(14-16-31)20-4-2-1-3-18(20)26/h1-8,17H,9-16H2. The first-order valence-electron chi connectivity index (χ1n) is 11.2. The zero-order valence-electron chi connectivity index (χ0n) is 18.2. The molecule has 0 N–H and O–H groups in total. The highest BCUT2D eigenvalue weighted by Gasteiger charge is 2.31. The number of thiophene rings is 1. The molecule has 9 heteroatoms. The van der Waals surface area contributed by atoms with Crippen molar-refractivity contribution in [1.82, 2.24) is 15.1 Å². The number of rotatable bonds is 4. The van der Waals surface area contributed by atoms with Gasteiger partial charge in [0.15, 0.2) is 5.82 Å². The summed E-state index contributed by atoms with van der Waals surface area (Å²) in [6, 6.07) is 14.9. The van der Waals surface area contributed by atoms with Gasteiger partial charge in [0.25, 0.3) is 0 Å². The zero-order chi connectivity index (χ0) is 22.8. The van der Waals surface area contributed by atoms with E-state index in [0.29, 0.717) is 31.9 Å². The molecular formula is C24H25BrFN5OS. The molecule has 0 atom stereocenters. The summed E-state index contributed by atoms with van der Waals surface area (Å²) < 4.78 is 15.1. The number of piperidine rings is 1. The van der Waals surface area contributed by atoms with E-state index in [1.54, 1.807) is 23.5 Å². The summed E-state index contributed by atoms with van der Waals surface area (Å²) in [5.41, 5.74) is 1.49. The Hall–Kier alpha value is -2.52. The molecule has 0 radical (unpaired) electrons. The van der Waals surface area contributed by atoms with Crippen molar-refractivity contribution in [3.8, 4) is 10.6 Å². The van der Waals surface area contributed by atoms with Gasteiger partial charge in [-0.05, 0) is 65.2 Å². The molecule has 1 aromatic carbocycles. The number of anilines is 2. The number of aromatic nitrogens is 2. The van der Waals surface area contributed by atoms with Crippen molar-refractivity contribution in [2.75, 3.05) is 49.1 Å². The van der Waals surface area contributed by atoms with Crippen molar-refractivity contribution in [2.24, 2.45) is 5.92 Å². The molecule has 5 rings (SSSR count). The Morgan fingerprint density at radius 2 is 1.67 bits per heavy atom. The first kappa shape index (κ1) is 22.3. The van der Waals surface area contributed by atoms with Crippen LogP contribution < -0.4 is 9.80 Å². The second-order valence-corrected chi connectivity index (χ2v) is 10.9. The summed E-state index contributed by atoms with van der Waals surface area (Å²) >= 11 is 5.12.